The van der Waals surface area contributed by atoms with E-state index >= 15 is 0 Å². The molecule has 5 heteroatoms. The quantitative estimate of drug-likeness (QED) is 0.800. The molecule has 1 aromatic carbocycles. The van der Waals surface area contributed by atoms with Gasteiger partial charge < -0.3 is 10.1 Å². The Hall–Kier alpha value is -1.62. The summed E-state index contributed by atoms with van der Waals surface area (Å²) in [6, 6.07) is 4.55. The number of benzene rings is 1. The highest BCUT2D eigenvalue weighted by molar-refractivity contribution is 5.88. The van der Waals surface area contributed by atoms with Crippen molar-refractivity contribution < 1.29 is 13.9 Å². The zero-order chi connectivity index (χ0) is 12.5. The first-order valence-electron chi connectivity index (χ1n) is 5.45. The molecule has 2 rings (SSSR count). The highest BCUT2D eigenvalue weighted by Crippen LogP contribution is 2.27. The Morgan fingerprint density at radius 2 is 2.18 bits per heavy atom. The van der Waals surface area contributed by atoms with Crippen molar-refractivity contribution in [1.29, 1.82) is 0 Å². The van der Waals surface area contributed by atoms with Crippen LogP contribution in [-0.2, 0) is 10.3 Å². The summed E-state index contributed by atoms with van der Waals surface area (Å²) in [4.78, 5) is 11.9. The molecule has 1 aliphatic heterocycles. The van der Waals surface area contributed by atoms with Crippen LogP contribution in [-0.4, -0.2) is 26.1 Å². The molecule has 1 saturated heterocycles. The van der Waals surface area contributed by atoms with Gasteiger partial charge in [0.05, 0.1) is 7.11 Å². The zero-order valence-electron chi connectivity index (χ0n) is 9.84. The van der Waals surface area contributed by atoms with E-state index in [1.165, 1.54) is 19.2 Å². The second kappa shape index (κ2) is 4.33. The molecule has 17 heavy (non-hydrogen) atoms. The Bertz CT molecular complexity index is 450. The van der Waals surface area contributed by atoms with Gasteiger partial charge in [-0.1, -0.05) is 6.07 Å². The Balaban J connectivity index is 2.38. The minimum absolute atomic E-state index is 0.145. The van der Waals surface area contributed by atoms with Gasteiger partial charge in [-0.3, -0.25) is 10.1 Å². The maximum atomic E-state index is 13.6. The Labute approximate surface area is 99.2 Å². The first kappa shape index (κ1) is 11.9. The number of hydrogen-bond donors (Lipinski definition) is 2. The molecular formula is C12H15FN2O2. The largest absolute Gasteiger partial charge is 0.494 e. The SMILES string of the molecule is COc1ccc(C2(C)NCCNC2=O)cc1F. The average molecular weight is 238 g/mol. The van der Waals surface area contributed by atoms with Gasteiger partial charge >= 0.3 is 0 Å². The maximum Gasteiger partial charge on any atom is 0.244 e. The molecule has 1 aromatic rings. The van der Waals surface area contributed by atoms with Crippen LogP contribution in [0.1, 0.15) is 12.5 Å². The van der Waals surface area contributed by atoms with Gasteiger partial charge in [0.1, 0.15) is 5.54 Å². The van der Waals surface area contributed by atoms with Crippen LogP contribution in [0.15, 0.2) is 18.2 Å². The van der Waals surface area contributed by atoms with Gasteiger partial charge in [0, 0.05) is 13.1 Å². The highest BCUT2D eigenvalue weighted by atomic mass is 19.1. The number of nitrogens with one attached hydrogen (secondary N) is 2. The van der Waals surface area contributed by atoms with Crippen molar-refractivity contribution in [3.05, 3.63) is 29.6 Å². The van der Waals surface area contributed by atoms with Crippen LogP contribution in [0.2, 0.25) is 0 Å². The number of carbonyl (C=O) groups is 1. The zero-order valence-corrected chi connectivity index (χ0v) is 9.84. The molecule has 0 bridgehead atoms. The van der Waals surface area contributed by atoms with Gasteiger partial charge in [0.2, 0.25) is 5.91 Å². The van der Waals surface area contributed by atoms with Crippen LogP contribution in [0.3, 0.4) is 0 Å². The number of carbonyl (C=O) groups excluding carboxylic acids is 1. The molecule has 0 saturated carbocycles. The van der Waals surface area contributed by atoms with Crippen LogP contribution in [0.5, 0.6) is 5.75 Å². The van der Waals surface area contributed by atoms with Crippen molar-refractivity contribution in [3.63, 3.8) is 0 Å². The van der Waals surface area contributed by atoms with E-state index in [-0.39, 0.29) is 11.7 Å². The molecule has 1 unspecified atom stereocenters. The lowest BCUT2D eigenvalue weighted by Crippen LogP contribution is -2.59. The summed E-state index contributed by atoms with van der Waals surface area (Å²) in [7, 11) is 1.41. The predicted molar refractivity (Wildman–Crippen MR) is 61.3 cm³/mol. The summed E-state index contributed by atoms with van der Waals surface area (Å²) in [6.07, 6.45) is 0. The van der Waals surface area contributed by atoms with Gasteiger partial charge in [0.15, 0.2) is 11.6 Å². The summed E-state index contributed by atoms with van der Waals surface area (Å²) in [6.45, 7) is 2.99. The molecule has 0 aromatic heterocycles. The summed E-state index contributed by atoms with van der Waals surface area (Å²) in [5, 5.41) is 5.87. The van der Waals surface area contributed by atoms with E-state index in [1.807, 2.05) is 0 Å². The lowest BCUT2D eigenvalue weighted by atomic mass is 9.89. The topological polar surface area (TPSA) is 50.4 Å². The molecule has 0 radical (unpaired) electrons. The fourth-order valence-corrected chi connectivity index (χ4v) is 1.96. The first-order chi connectivity index (χ1) is 8.08. The van der Waals surface area contributed by atoms with E-state index in [0.29, 0.717) is 18.7 Å². The molecule has 0 aliphatic carbocycles. The van der Waals surface area contributed by atoms with Crippen LogP contribution < -0.4 is 15.4 Å². The molecule has 1 atom stereocenters. The molecule has 1 aliphatic rings. The second-order valence-electron chi connectivity index (χ2n) is 4.16. The third-order valence-corrected chi connectivity index (χ3v) is 3.07. The van der Waals surface area contributed by atoms with E-state index in [4.69, 9.17) is 4.74 Å². The molecule has 1 heterocycles. The average Bonchev–Trinajstić information content (AvgIpc) is 2.33. The third kappa shape index (κ3) is 1.98. The molecule has 0 spiro atoms. The van der Waals surface area contributed by atoms with E-state index in [0.717, 1.165) is 0 Å². The van der Waals surface area contributed by atoms with Gasteiger partial charge in [-0.15, -0.1) is 0 Å². The van der Waals surface area contributed by atoms with Crippen molar-refractivity contribution >= 4 is 5.91 Å². The van der Waals surface area contributed by atoms with Crippen molar-refractivity contribution in [1.82, 2.24) is 10.6 Å². The van der Waals surface area contributed by atoms with Crippen molar-refractivity contribution in [2.75, 3.05) is 20.2 Å². The van der Waals surface area contributed by atoms with E-state index in [1.54, 1.807) is 13.0 Å². The monoisotopic (exact) mass is 238 g/mol. The second-order valence-corrected chi connectivity index (χ2v) is 4.16. The lowest BCUT2D eigenvalue weighted by molar-refractivity contribution is -0.128. The van der Waals surface area contributed by atoms with Crippen molar-refractivity contribution in [3.8, 4) is 5.75 Å². The number of amides is 1. The summed E-state index contributed by atoms with van der Waals surface area (Å²) < 4.78 is 18.5. The normalized spacial score (nSPS) is 24.3. The number of halogens is 1. The summed E-state index contributed by atoms with van der Waals surface area (Å²) in [5.74, 6) is -0.437. The van der Waals surface area contributed by atoms with E-state index in [2.05, 4.69) is 10.6 Å². The number of piperazine rings is 1. The van der Waals surface area contributed by atoms with Gasteiger partial charge in [-0.05, 0) is 24.6 Å². The maximum absolute atomic E-state index is 13.6. The molecule has 4 nitrogen and oxygen atoms in total. The minimum atomic E-state index is -0.884. The Morgan fingerprint density at radius 3 is 2.76 bits per heavy atom. The fourth-order valence-electron chi connectivity index (χ4n) is 1.96. The molecule has 2 N–H and O–H groups in total. The lowest BCUT2D eigenvalue weighted by Gasteiger charge is -2.34. The van der Waals surface area contributed by atoms with E-state index < -0.39 is 11.4 Å². The van der Waals surface area contributed by atoms with Gasteiger partial charge in [-0.25, -0.2) is 4.39 Å². The van der Waals surface area contributed by atoms with Crippen molar-refractivity contribution in [2.45, 2.75) is 12.5 Å². The van der Waals surface area contributed by atoms with Gasteiger partial charge in [-0.2, -0.15) is 0 Å². The fraction of sp³-hybridized carbons (Fsp3) is 0.417. The Morgan fingerprint density at radius 1 is 1.41 bits per heavy atom. The molecule has 92 valence electrons. The summed E-state index contributed by atoms with van der Waals surface area (Å²) >= 11 is 0. The van der Waals surface area contributed by atoms with Crippen LogP contribution in [0, 0.1) is 5.82 Å². The van der Waals surface area contributed by atoms with Crippen LogP contribution >= 0.6 is 0 Å². The molecular weight excluding hydrogens is 223 g/mol. The summed E-state index contributed by atoms with van der Waals surface area (Å²) in [5.41, 5.74) is -0.293. The first-order valence-corrected chi connectivity index (χ1v) is 5.45. The minimum Gasteiger partial charge on any atom is -0.494 e. The predicted octanol–water partition coefficient (Wildman–Crippen LogP) is 0.769. The van der Waals surface area contributed by atoms with E-state index in [9.17, 15) is 9.18 Å². The third-order valence-electron chi connectivity index (χ3n) is 3.07. The Kier molecular flexibility index (Phi) is 3.02. The van der Waals surface area contributed by atoms with Crippen molar-refractivity contribution in [2.24, 2.45) is 0 Å². The van der Waals surface area contributed by atoms with Crippen LogP contribution in [0.25, 0.3) is 0 Å². The van der Waals surface area contributed by atoms with Gasteiger partial charge in [0.25, 0.3) is 0 Å². The number of ether oxygens (including phenoxy) is 1. The number of methoxy groups -OCH3 is 1. The standard InChI is InChI=1S/C12H15FN2O2/c1-12(11(16)14-5-6-15-12)8-3-4-10(17-2)9(13)7-8/h3-4,7,15H,5-6H2,1-2H3,(H,14,16). The molecule has 1 amide bonds. The van der Waals surface area contributed by atoms with Crippen LogP contribution in [0.4, 0.5) is 4.39 Å². The molecule has 1 fully saturated rings. The highest BCUT2D eigenvalue weighted by Gasteiger charge is 2.37. The number of hydrogen-bond acceptors (Lipinski definition) is 3. The smallest absolute Gasteiger partial charge is 0.244 e. The number of rotatable bonds is 2.